The van der Waals surface area contributed by atoms with Gasteiger partial charge in [-0.05, 0) is 36.4 Å². The van der Waals surface area contributed by atoms with Crippen LogP contribution in [0, 0.1) is 0 Å². The average Bonchev–Trinajstić information content (AvgIpc) is 3.45. The molecule has 1 saturated heterocycles. The maximum absolute atomic E-state index is 13.3. The fourth-order valence-electron chi connectivity index (χ4n) is 3.39. The van der Waals surface area contributed by atoms with E-state index in [0.29, 0.717) is 30.5 Å². The number of hydrogen-bond acceptors (Lipinski definition) is 8. The fraction of sp³-hybridized carbons (Fsp3) is 0.368. The molecule has 1 unspecified atom stereocenters. The monoisotopic (exact) mass is 435 g/mol. The van der Waals surface area contributed by atoms with E-state index in [1.807, 2.05) is 17.5 Å². The van der Waals surface area contributed by atoms with Crippen LogP contribution in [0.2, 0.25) is 0 Å². The van der Waals surface area contributed by atoms with Crippen LogP contribution >= 0.6 is 11.3 Å². The first-order valence-corrected chi connectivity index (χ1v) is 11.4. The Morgan fingerprint density at radius 1 is 1.21 bits per heavy atom. The molecule has 1 aromatic carbocycles. The van der Waals surface area contributed by atoms with Gasteiger partial charge in [0.25, 0.3) is 5.89 Å². The SMILES string of the molecule is COc1ccc(OC)c(S(=O)(=O)N2CCCC(c3nnc(-c4cccs4)o3)C2)c1. The van der Waals surface area contributed by atoms with E-state index in [2.05, 4.69) is 10.2 Å². The predicted octanol–water partition coefficient (Wildman–Crippen LogP) is 3.38. The molecule has 1 aliphatic rings. The largest absolute Gasteiger partial charge is 0.497 e. The van der Waals surface area contributed by atoms with Crippen molar-refractivity contribution < 1.29 is 22.3 Å². The molecule has 10 heteroatoms. The molecule has 3 aromatic rings. The van der Waals surface area contributed by atoms with Gasteiger partial charge in [-0.15, -0.1) is 21.5 Å². The van der Waals surface area contributed by atoms with E-state index in [9.17, 15) is 8.42 Å². The lowest BCUT2D eigenvalue weighted by atomic mass is 10.00. The highest BCUT2D eigenvalue weighted by Crippen LogP contribution is 2.35. The number of nitrogens with zero attached hydrogens (tertiary/aromatic N) is 3. The Labute approximate surface area is 173 Å². The summed E-state index contributed by atoms with van der Waals surface area (Å²) in [6.45, 7) is 0.694. The second kappa shape index (κ2) is 8.13. The molecule has 8 nitrogen and oxygen atoms in total. The van der Waals surface area contributed by atoms with E-state index >= 15 is 0 Å². The number of methoxy groups -OCH3 is 2. The van der Waals surface area contributed by atoms with Crippen molar-refractivity contribution in [2.45, 2.75) is 23.7 Å². The molecule has 0 saturated carbocycles. The Balaban J connectivity index is 1.60. The quantitative estimate of drug-likeness (QED) is 0.586. The van der Waals surface area contributed by atoms with Crippen LogP contribution in [0.3, 0.4) is 0 Å². The summed E-state index contributed by atoms with van der Waals surface area (Å²) in [5.74, 6) is 1.51. The van der Waals surface area contributed by atoms with Crippen LogP contribution in [0.4, 0.5) is 0 Å². The van der Waals surface area contributed by atoms with E-state index in [1.54, 1.807) is 12.1 Å². The van der Waals surface area contributed by atoms with Crippen molar-refractivity contribution >= 4 is 21.4 Å². The average molecular weight is 436 g/mol. The summed E-state index contributed by atoms with van der Waals surface area (Å²) in [6.07, 6.45) is 1.49. The molecule has 3 heterocycles. The number of piperidine rings is 1. The molecule has 154 valence electrons. The number of benzene rings is 1. The normalized spacial score (nSPS) is 17.9. The second-order valence-corrected chi connectivity index (χ2v) is 9.50. The first-order chi connectivity index (χ1) is 14.0. The van der Waals surface area contributed by atoms with Crippen molar-refractivity contribution in [2.75, 3.05) is 27.3 Å². The molecule has 0 N–H and O–H groups in total. The molecule has 0 amide bonds. The lowest BCUT2D eigenvalue weighted by Gasteiger charge is -2.30. The molecule has 0 bridgehead atoms. The molecule has 4 rings (SSSR count). The van der Waals surface area contributed by atoms with Gasteiger partial charge in [0.15, 0.2) is 0 Å². The van der Waals surface area contributed by atoms with Crippen molar-refractivity contribution in [3.63, 3.8) is 0 Å². The van der Waals surface area contributed by atoms with Gasteiger partial charge in [-0.25, -0.2) is 8.42 Å². The molecular formula is C19H21N3O5S2. The number of aromatic nitrogens is 2. The molecular weight excluding hydrogens is 414 g/mol. The second-order valence-electron chi connectivity index (χ2n) is 6.64. The zero-order chi connectivity index (χ0) is 20.4. The fourth-order valence-corrected chi connectivity index (χ4v) is 5.73. The van der Waals surface area contributed by atoms with Gasteiger partial charge in [0.05, 0.1) is 25.0 Å². The van der Waals surface area contributed by atoms with E-state index in [-0.39, 0.29) is 23.1 Å². The van der Waals surface area contributed by atoms with Crippen molar-refractivity contribution in [1.29, 1.82) is 0 Å². The summed E-state index contributed by atoms with van der Waals surface area (Å²) in [4.78, 5) is 0.981. The number of ether oxygens (including phenoxy) is 2. The smallest absolute Gasteiger partial charge is 0.257 e. The van der Waals surface area contributed by atoms with E-state index in [1.165, 1.54) is 35.9 Å². The Hall–Kier alpha value is -2.43. The Bertz CT molecular complexity index is 1080. The molecule has 0 spiro atoms. The molecule has 1 aliphatic heterocycles. The summed E-state index contributed by atoms with van der Waals surface area (Å²) >= 11 is 1.52. The third-order valence-corrected chi connectivity index (χ3v) is 7.64. The van der Waals surface area contributed by atoms with Crippen LogP contribution < -0.4 is 9.47 Å². The highest BCUT2D eigenvalue weighted by atomic mass is 32.2. The van der Waals surface area contributed by atoms with Crippen molar-refractivity contribution in [2.24, 2.45) is 0 Å². The van der Waals surface area contributed by atoms with E-state index in [0.717, 1.165) is 11.3 Å². The van der Waals surface area contributed by atoms with Gasteiger partial charge in [0, 0.05) is 19.2 Å². The van der Waals surface area contributed by atoms with Gasteiger partial charge in [0.1, 0.15) is 16.4 Å². The standard InChI is InChI=1S/C19H21N3O5S2/c1-25-14-7-8-15(26-2)17(11-14)29(23,24)22-9-3-5-13(12-22)18-20-21-19(27-18)16-6-4-10-28-16/h4,6-8,10-11,13H,3,5,9,12H2,1-2H3. The zero-order valence-electron chi connectivity index (χ0n) is 16.1. The Kier molecular flexibility index (Phi) is 5.57. The summed E-state index contributed by atoms with van der Waals surface area (Å²) in [5, 5.41) is 10.2. The summed E-state index contributed by atoms with van der Waals surface area (Å²) < 4.78 is 44.4. The van der Waals surface area contributed by atoms with Gasteiger partial charge in [-0.3, -0.25) is 0 Å². The first kappa shape index (κ1) is 19.9. The third kappa shape index (κ3) is 3.87. The number of hydrogen-bond donors (Lipinski definition) is 0. The molecule has 1 atom stereocenters. The number of rotatable bonds is 6. The third-order valence-electron chi connectivity index (χ3n) is 4.89. The lowest BCUT2D eigenvalue weighted by molar-refractivity contribution is 0.285. The van der Waals surface area contributed by atoms with Crippen molar-refractivity contribution in [3.8, 4) is 22.3 Å². The minimum Gasteiger partial charge on any atom is -0.497 e. The van der Waals surface area contributed by atoms with Gasteiger partial charge in [-0.1, -0.05) is 6.07 Å². The first-order valence-electron chi connectivity index (χ1n) is 9.12. The molecule has 29 heavy (non-hydrogen) atoms. The van der Waals surface area contributed by atoms with E-state index in [4.69, 9.17) is 13.9 Å². The minimum absolute atomic E-state index is 0.0878. The van der Waals surface area contributed by atoms with Crippen molar-refractivity contribution in [3.05, 3.63) is 41.6 Å². The number of thiophene rings is 1. The predicted molar refractivity (Wildman–Crippen MR) is 108 cm³/mol. The van der Waals surface area contributed by atoms with Gasteiger partial charge in [0.2, 0.25) is 15.9 Å². The maximum atomic E-state index is 13.3. The van der Waals surface area contributed by atoms with Crippen LogP contribution in [0.5, 0.6) is 11.5 Å². The maximum Gasteiger partial charge on any atom is 0.257 e. The van der Waals surface area contributed by atoms with Crippen LogP contribution in [-0.4, -0.2) is 50.2 Å². The highest BCUT2D eigenvalue weighted by Gasteiger charge is 2.35. The van der Waals surface area contributed by atoms with Crippen LogP contribution in [-0.2, 0) is 10.0 Å². The Morgan fingerprint density at radius 3 is 2.79 bits per heavy atom. The van der Waals surface area contributed by atoms with Crippen molar-refractivity contribution in [1.82, 2.24) is 14.5 Å². The lowest BCUT2D eigenvalue weighted by Crippen LogP contribution is -2.39. The minimum atomic E-state index is -3.77. The van der Waals surface area contributed by atoms with Gasteiger partial charge < -0.3 is 13.9 Å². The summed E-state index contributed by atoms with van der Waals surface area (Å²) in [6, 6.07) is 8.58. The van der Waals surface area contributed by atoms with Gasteiger partial charge >= 0.3 is 0 Å². The van der Waals surface area contributed by atoms with Crippen LogP contribution in [0.1, 0.15) is 24.7 Å². The Morgan fingerprint density at radius 2 is 2.07 bits per heavy atom. The molecule has 1 fully saturated rings. The zero-order valence-corrected chi connectivity index (χ0v) is 17.7. The number of sulfonamides is 1. The molecule has 0 radical (unpaired) electrons. The molecule has 0 aliphatic carbocycles. The van der Waals surface area contributed by atoms with Gasteiger partial charge in [-0.2, -0.15) is 4.31 Å². The summed E-state index contributed by atoms with van der Waals surface area (Å²) in [5.41, 5.74) is 0. The summed E-state index contributed by atoms with van der Waals surface area (Å²) in [7, 11) is -0.829. The topological polar surface area (TPSA) is 94.8 Å². The van der Waals surface area contributed by atoms with Crippen LogP contribution in [0.15, 0.2) is 45.0 Å². The van der Waals surface area contributed by atoms with E-state index < -0.39 is 10.0 Å². The molecule has 2 aromatic heterocycles. The highest BCUT2D eigenvalue weighted by molar-refractivity contribution is 7.89. The van der Waals surface area contributed by atoms with Crippen LogP contribution in [0.25, 0.3) is 10.8 Å².